The Bertz CT molecular complexity index is 1010. The summed E-state index contributed by atoms with van der Waals surface area (Å²) in [7, 11) is 1.95. The minimum absolute atomic E-state index is 0.267. The first-order valence-electron chi connectivity index (χ1n) is 7.61. The average molecular weight is 318 g/mol. The lowest BCUT2D eigenvalue weighted by molar-refractivity contribution is 0.631. The highest BCUT2D eigenvalue weighted by atomic mass is 19.1. The van der Waals surface area contributed by atoms with Crippen molar-refractivity contribution in [2.45, 2.75) is 0 Å². The van der Waals surface area contributed by atoms with Crippen molar-refractivity contribution in [2.75, 3.05) is 5.32 Å². The van der Waals surface area contributed by atoms with E-state index in [0.717, 1.165) is 22.3 Å². The van der Waals surface area contributed by atoms with Crippen molar-refractivity contribution in [3.05, 3.63) is 72.8 Å². The molecule has 0 aliphatic heterocycles. The molecule has 0 aliphatic rings. The molecule has 4 aromatic rings. The molecule has 5 heteroatoms. The second-order valence-corrected chi connectivity index (χ2v) is 5.54. The molecule has 4 nitrogen and oxygen atoms in total. The van der Waals surface area contributed by atoms with Gasteiger partial charge in [-0.1, -0.05) is 12.1 Å². The number of hydrogen-bond donors (Lipinski definition) is 1. The van der Waals surface area contributed by atoms with E-state index in [1.54, 1.807) is 36.7 Å². The minimum atomic E-state index is -0.267. The highest BCUT2D eigenvalue weighted by Gasteiger charge is 2.10. The van der Waals surface area contributed by atoms with Crippen LogP contribution in [0.15, 0.2) is 67.0 Å². The van der Waals surface area contributed by atoms with Gasteiger partial charge in [0.1, 0.15) is 5.82 Å². The van der Waals surface area contributed by atoms with Gasteiger partial charge in [-0.2, -0.15) is 0 Å². The van der Waals surface area contributed by atoms with Gasteiger partial charge in [-0.25, -0.2) is 9.37 Å². The van der Waals surface area contributed by atoms with E-state index < -0.39 is 0 Å². The standard InChI is InChI=1S/C19H15FN4/c1-24-18-5-3-2-4-17(18)23-19(24)22-14-6-7-16(20)15(12-14)13-8-10-21-11-9-13/h2-12H,1H3,(H,22,23). The molecule has 0 bridgehead atoms. The Morgan fingerprint density at radius 2 is 1.79 bits per heavy atom. The van der Waals surface area contributed by atoms with Gasteiger partial charge in [0, 0.05) is 30.7 Å². The van der Waals surface area contributed by atoms with Crippen molar-refractivity contribution in [1.82, 2.24) is 14.5 Å². The van der Waals surface area contributed by atoms with E-state index in [2.05, 4.69) is 15.3 Å². The van der Waals surface area contributed by atoms with E-state index in [9.17, 15) is 4.39 Å². The number of para-hydroxylation sites is 2. The van der Waals surface area contributed by atoms with Crippen LogP contribution in [0, 0.1) is 5.82 Å². The third kappa shape index (κ3) is 2.50. The summed E-state index contributed by atoms with van der Waals surface area (Å²) in [6, 6.07) is 16.4. The summed E-state index contributed by atoms with van der Waals surface area (Å²) in [6.07, 6.45) is 3.31. The number of rotatable bonds is 3. The van der Waals surface area contributed by atoms with Crippen LogP contribution in [0.4, 0.5) is 16.0 Å². The number of hydrogen-bond acceptors (Lipinski definition) is 3. The van der Waals surface area contributed by atoms with Crippen molar-refractivity contribution >= 4 is 22.7 Å². The zero-order valence-electron chi connectivity index (χ0n) is 13.1. The summed E-state index contributed by atoms with van der Waals surface area (Å²) < 4.78 is 16.1. The lowest BCUT2D eigenvalue weighted by Crippen LogP contribution is -1.99. The third-order valence-electron chi connectivity index (χ3n) is 4.00. The van der Waals surface area contributed by atoms with Gasteiger partial charge >= 0.3 is 0 Å². The Balaban J connectivity index is 1.73. The summed E-state index contributed by atoms with van der Waals surface area (Å²) >= 11 is 0. The number of imidazole rings is 1. The fraction of sp³-hybridized carbons (Fsp3) is 0.0526. The van der Waals surface area contributed by atoms with Crippen LogP contribution in [0.1, 0.15) is 0 Å². The lowest BCUT2D eigenvalue weighted by Gasteiger charge is -2.09. The number of halogens is 1. The first-order valence-corrected chi connectivity index (χ1v) is 7.61. The number of nitrogens with zero attached hydrogens (tertiary/aromatic N) is 3. The van der Waals surface area contributed by atoms with E-state index >= 15 is 0 Å². The zero-order chi connectivity index (χ0) is 16.5. The summed E-state index contributed by atoms with van der Waals surface area (Å²) in [5.74, 6) is 0.445. The van der Waals surface area contributed by atoms with Gasteiger partial charge in [-0.15, -0.1) is 0 Å². The predicted molar refractivity (Wildman–Crippen MR) is 93.6 cm³/mol. The van der Waals surface area contributed by atoms with Crippen LogP contribution < -0.4 is 5.32 Å². The van der Waals surface area contributed by atoms with Gasteiger partial charge < -0.3 is 9.88 Å². The maximum atomic E-state index is 14.2. The largest absolute Gasteiger partial charge is 0.326 e. The van der Waals surface area contributed by atoms with Crippen molar-refractivity contribution in [2.24, 2.45) is 7.05 Å². The number of aryl methyl sites for hydroxylation is 1. The van der Waals surface area contributed by atoms with E-state index in [4.69, 9.17) is 0 Å². The zero-order valence-corrected chi connectivity index (χ0v) is 13.1. The fourth-order valence-electron chi connectivity index (χ4n) is 2.74. The van der Waals surface area contributed by atoms with Crippen molar-refractivity contribution in [1.29, 1.82) is 0 Å². The molecule has 0 saturated carbocycles. The summed E-state index contributed by atoms with van der Waals surface area (Å²) in [5, 5.41) is 3.27. The van der Waals surface area contributed by atoms with Crippen LogP contribution in [0.3, 0.4) is 0 Å². The summed E-state index contributed by atoms with van der Waals surface area (Å²) in [4.78, 5) is 8.56. The van der Waals surface area contributed by atoms with Crippen LogP contribution in [-0.2, 0) is 7.05 Å². The molecular formula is C19H15FN4. The minimum Gasteiger partial charge on any atom is -0.326 e. The first-order chi connectivity index (χ1) is 11.7. The van der Waals surface area contributed by atoms with E-state index in [0.29, 0.717) is 11.5 Å². The van der Waals surface area contributed by atoms with Gasteiger partial charge in [0.2, 0.25) is 5.95 Å². The van der Waals surface area contributed by atoms with Gasteiger partial charge in [-0.05, 0) is 48.0 Å². The van der Waals surface area contributed by atoms with Gasteiger partial charge in [0.15, 0.2) is 0 Å². The van der Waals surface area contributed by atoms with E-state index in [-0.39, 0.29) is 5.82 Å². The normalized spacial score (nSPS) is 10.9. The van der Waals surface area contributed by atoms with Crippen molar-refractivity contribution in [3.8, 4) is 11.1 Å². The van der Waals surface area contributed by atoms with E-state index in [1.807, 2.05) is 35.9 Å². The number of benzene rings is 2. The first kappa shape index (κ1) is 14.4. The number of anilines is 2. The van der Waals surface area contributed by atoms with Crippen LogP contribution in [-0.4, -0.2) is 14.5 Å². The number of aromatic nitrogens is 3. The Hall–Kier alpha value is -3.21. The van der Waals surface area contributed by atoms with Crippen LogP contribution in [0.5, 0.6) is 0 Å². The van der Waals surface area contributed by atoms with Gasteiger partial charge in [-0.3, -0.25) is 4.98 Å². The quantitative estimate of drug-likeness (QED) is 0.604. The molecule has 24 heavy (non-hydrogen) atoms. The summed E-state index contributed by atoms with van der Waals surface area (Å²) in [5.41, 5.74) is 4.05. The molecule has 0 unspecified atom stereocenters. The molecule has 118 valence electrons. The SMILES string of the molecule is Cn1c(Nc2ccc(F)c(-c3ccncc3)c2)nc2ccccc21. The second-order valence-electron chi connectivity index (χ2n) is 5.54. The maximum Gasteiger partial charge on any atom is 0.208 e. The summed E-state index contributed by atoms with van der Waals surface area (Å²) in [6.45, 7) is 0. The molecule has 2 aromatic heterocycles. The fourth-order valence-corrected chi connectivity index (χ4v) is 2.74. The molecule has 0 atom stereocenters. The lowest BCUT2D eigenvalue weighted by atomic mass is 10.1. The van der Waals surface area contributed by atoms with Crippen molar-refractivity contribution < 1.29 is 4.39 Å². The molecule has 0 fully saturated rings. The highest BCUT2D eigenvalue weighted by molar-refractivity contribution is 5.80. The highest BCUT2D eigenvalue weighted by Crippen LogP contribution is 2.28. The van der Waals surface area contributed by atoms with Crippen LogP contribution in [0.2, 0.25) is 0 Å². The van der Waals surface area contributed by atoms with Gasteiger partial charge in [0.25, 0.3) is 0 Å². The molecule has 2 aromatic carbocycles. The van der Waals surface area contributed by atoms with Crippen molar-refractivity contribution in [3.63, 3.8) is 0 Å². The monoisotopic (exact) mass is 318 g/mol. The Morgan fingerprint density at radius 3 is 2.58 bits per heavy atom. The Morgan fingerprint density at radius 1 is 1.00 bits per heavy atom. The number of fused-ring (bicyclic) bond motifs is 1. The van der Waals surface area contributed by atoms with Crippen LogP contribution >= 0.6 is 0 Å². The average Bonchev–Trinajstić information content (AvgIpc) is 2.93. The molecule has 0 saturated heterocycles. The second kappa shape index (κ2) is 5.77. The molecule has 0 aliphatic carbocycles. The molecule has 0 amide bonds. The molecule has 0 spiro atoms. The Labute approximate surface area is 138 Å². The molecule has 1 N–H and O–H groups in total. The number of nitrogens with one attached hydrogen (secondary N) is 1. The third-order valence-corrected chi connectivity index (χ3v) is 4.00. The molecule has 2 heterocycles. The van der Waals surface area contributed by atoms with Crippen LogP contribution in [0.25, 0.3) is 22.2 Å². The molecule has 4 rings (SSSR count). The molecule has 0 radical (unpaired) electrons. The maximum absolute atomic E-state index is 14.2. The number of pyridine rings is 1. The predicted octanol–water partition coefficient (Wildman–Crippen LogP) is 4.52. The topological polar surface area (TPSA) is 42.7 Å². The van der Waals surface area contributed by atoms with E-state index in [1.165, 1.54) is 6.07 Å². The smallest absolute Gasteiger partial charge is 0.208 e. The Kier molecular flexibility index (Phi) is 3.46. The van der Waals surface area contributed by atoms with Gasteiger partial charge in [0.05, 0.1) is 11.0 Å². The molecular weight excluding hydrogens is 303 g/mol.